The minimum absolute atomic E-state index is 0.462. The molecule has 0 aliphatic heterocycles. The highest BCUT2D eigenvalue weighted by Crippen LogP contribution is 2.11. The summed E-state index contributed by atoms with van der Waals surface area (Å²) in [7, 11) is -4.76. The number of hydrogen-bond acceptors (Lipinski definition) is 4. The van der Waals surface area contributed by atoms with E-state index in [2.05, 4.69) is 4.72 Å². The molecule has 0 fully saturated rings. The van der Waals surface area contributed by atoms with Crippen molar-refractivity contribution >= 4 is 28.9 Å². The Hall–Kier alpha value is -1.31. The van der Waals surface area contributed by atoms with Crippen LogP contribution in [-0.4, -0.2) is 31.8 Å². The first-order valence-corrected chi connectivity index (χ1v) is 6.38. The molecule has 16 heavy (non-hydrogen) atoms. The van der Waals surface area contributed by atoms with Crippen molar-refractivity contribution in [2.75, 3.05) is 11.0 Å². The Kier molecular flexibility index (Phi) is 4.11. The van der Waals surface area contributed by atoms with E-state index < -0.39 is 17.1 Å². The van der Waals surface area contributed by atoms with Crippen LogP contribution in [0.25, 0.3) is 6.08 Å². The summed E-state index contributed by atoms with van der Waals surface area (Å²) < 4.78 is 24.1. The van der Waals surface area contributed by atoms with E-state index in [0.29, 0.717) is 5.69 Å². The van der Waals surface area contributed by atoms with E-state index in [1.807, 2.05) is 0 Å². The van der Waals surface area contributed by atoms with Crippen molar-refractivity contribution in [3.8, 4) is 0 Å². The summed E-state index contributed by atoms with van der Waals surface area (Å²) in [6, 6.07) is 6.49. The lowest BCUT2D eigenvalue weighted by Gasteiger charge is -2.03. The molecule has 86 valence electrons. The van der Waals surface area contributed by atoms with Gasteiger partial charge >= 0.3 is 7.12 Å². The van der Waals surface area contributed by atoms with E-state index in [1.165, 1.54) is 12.1 Å². The maximum Gasteiger partial charge on any atom is 0.480 e. The third kappa shape index (κ3) is 4.97. The zero-order chi connectivity index (χ0) is 12.2. The molecule has 0 amide bonds. The van der Waals surface area contributed by atoms with Crippen molar-refractivity contribution in [3.05, 3.63) is 35.8 Å². The number of benzene rings is 1. The van der Waals surface area contributed by atoms with Crippen LogP contribution in [0, 0.1) is 0 Å². The van der Waals surface area contributed by atoms with Gasteiger partial charge in [-0.2, -0.15) is 0 Å². The first kappa shape index (κ1) is 12.8. The van der Waals surface area contributed by atoms with Gasteiger partial charge in [0, 0.05) is 5.69 Å². The zero-order valence-electron chi connectivity index (χ0n) is 8.66. The minimum atomic E-state index is -3.26. The Morgan fingerprint density at radius 1 is 1.25 bits per heavy atom. The summed E-state index contributed by atoms with van der Waals surface area (Å²) in [5.74, 6) is 1.21. The number of rotatable bonds is 4. The number of nitrogens with one attached hydrogen (secondary N) is 1. The molecular weight excluding hydrogens is 229 g/mol. The minimum Gasteiger partial charge on any atom is -0.424 e. The Bertz CT molecular complexity index is 467. The van der Waals surface area contributed by atoms with Crippen molar-refractivity contribution in [1.82, 2.24) is 0 Å². The molecule has 0 aliphatic rings. The second-order valence-electron chi connectivity index (χ2n) is 3.27. The number of hydrogen-bond donors (Lipinski definition) is 3. The van der Waals surface area contributed by atoms with Gasteiger partial charge in [0.2, 0.25) is 10.0 Å². The Labute approximate surface area is 94.6 Å². The van der Waals surface area contributed by atoms with Gasteiger partial charge in [-0.3, -0.25) is 4.72 Å². The normalized spacial score (nSPS) is 11.7. The van der Waals surface area contributed by atoms with Gasteiger partial charge in [-0.15, -0.1) is 0 Å². The van der Waals surface area contributed by atoms with E-state index in [1.54, 1.807) is 24.3 Å². The van der Waals surface area contributed by atoms with Crippen LogP contribution in [0.15, 0.2) is 30.2 Å². The van der Waals surface area contributed by atoms with E-state index in [-0.39, 0.29) is 0 Å². The molecule has 0 heterocycles. The van der Waals surface area contributed by atoms with Crippen molar-refractivity contribution in [1.29, 1.82) is 0 Å². The fourth-order valence-corrected chi connectivity index (χ4v) is 1.64. The SMILES string of the molecule is CS(=O)(=O)Nc1ccc(C=CB(O)O)cc1. The third-order valence-corrected chi connectivity index (χ3v) is 2.28. The van der Waals surface area contributed by atoms with Crippen molar-refractivity contribution in [3.63, 3.8) is 0 Å². The molecule has 5 nitrogen and oxygen atoms in total. The highest BCUT2D eigenvalue weighted by atomic mass is 32.2. The summed E-state index contributed by atoms with van der Waals surface area (Å²) in [5.41, 5.74) is 1.20. The molecule has 1 aromatic rings. The van der Waals surface area contributed by atoms with Crippen LogP contribution < -0.4 is 4.72 Å². The van der Waals surface area contributed by atoms with Gasteiger partial charge in [0.15, 0.2) is 0 Å². The van der Waals surface area contributed by atoms with E-state index in [9.17, 15) is 8.42 Å². The Balaban J connectivity index is 2.76. The predicted molar refractivity (Wildman–Crippen MR) is 64.1 cm³/mol. The van der Waals surface area contributed by atoms with Crippen molar-refractivity contribution in [2.24, 2.45) is 0 Å². The van der Waals surface area contributed by atoms with Crippen LogP contribution in [-0.2, 0) is 10.0 Å². The molecule has 0 aromatic heterocycles. The molecule has 0 aliphatic carbocycles. The summed E-state index contributed by atoms with van der Waals surface area (Å²) in [5, 5.41) is 17.2. The van der Waals surface area contributed by atoms with E-state index in [4.69, 9.17) is 10.0 Å². The first-order valence-electron chi connectivity index (χ1n) is 4.49. The topological polar surface area (TPSA) is 86.6 Å². The van der Waals surface area contributed by atoms with Crippen LogP contribution in [0.4, 0.5) is 5.69 Å². The van der Waals surface area contributed by atoms with Gasteiger partial charge in [0.25, 0.3) is 0 Å². The van der Waals surface area contributed by atoms with Crippen LogP contribution in [0.3, 0.4) is 0 Å². The Morgan fingerprint density at radius 3 is 2.25 bits per heavy atom. The number of anilines is 1. The molecule has 1 aromatic carbocycles. The number of sulfonamides is 1. The molecular formula is C9H12BNO4S. The molecule has 0 radical (unpaired) electrons. The Morgan fingerprint density at radius 2 is 1.81 bits per heavy atom. The van der Waals surface area contributed by atoms with Crippen LogP contribution >= 0.6 is 0 Å². The average Bonchev–Trinajstić information content (AvgIpc) is 2.14. The van der Waals surface area contributed by atoms with Crippen LogP contribution in [0.2, 0.25) is 0 Å². The average molecular weight is 241 g/mol. The van der Waals surface area contributed by atoms with E-state index >= 15 is 0 Å². The predicted octanol–water partition coefficient (Wildman–Crippen LogP) is 0.0833. The van der Waals surface area contributed by atoms with Gasteiger partial charge in [-0.05, 0) is 17.7 Å². The zero-order valence-corrected chi connectivity index (χ0v) is 9.48. The van der Waals surface area contributed by atoms with Gasteiger partial charge in [0.05, 0.1) is 6.26 Å². The molecule has 0 spiro atoms. The molecule has 0 atom stereocenters. The van der Waals surface area contributed by atoms with E-state index in [0.717, 1.165) is 11.8 Å². The highest BCUT2D eigenvalue weighted by Gasteiger charge is 2.01. The van der Waals surface area contributed by atoms with Crippen LogP contribution in [0.5, 0.6) is 0 Å². The summed E-state index contributed by atoms with van der Waals surface area (Å²) in [6.07, 6.45) is 2.60. The lowest BCUT2D eigenvalue weighted by molar-refractivity contribution is 0.424. The fourth-order valence-electron chi connectivity index (χ4n) is 1.07. The molecule has 0 bridgehead atoms. The van der Waals surface area contributed by atoms with Crippen molar-refractivity contribution in [2.45, 2.75) is 0 Å². The van der Waals surface area contributed by atoms with Crippen molar-refractivity contribution < 1.29 is 18.5 Å². The largest absolute Gasteiger partial charge is 0.480 e. The summed E-state index contributed by atoms with van der Waals surface area (Å²) in [6.45, 7) is 0. The third-order valence-electron chi connectivity index (χ3n) is 1.67. The molecule has 3 N–H and O–H groups in total. The molecule has 0 saturated carbocycles. The standard InChI is InChI=1S/C9H12BNO4S/c1-16(14,15)11-9-4-2-8(3-5-9)6-7-10(12)13/h2-7,11-13H,1H3. The van der Waals surface area contributed by atoms with Gasteiger partial charge in [-0.1, -0.05) is 24.2 Å². The van der Waals surface area contributed by atoms with Gasteiger partial charge in [-0.25, -0.2) is 8.42 Å². The lowest BCUT2D eigenvalue weighted by atomic mass is 9.91. The first-order chi connectivity index (χ1) is 7.37. The maximum absolute atomic E-state index is 10.9. The van der Waals surface area contributed by atoms with Crippen LogP contribution in [0.1, 0.15) is 5.56 Å². The van der Waals surface area contributed by atoms with Gasteiger partial charge in [0.1, 0.15) is 0 Å². The maximum atomic E-state index is 10.9. The summed E-state index contributed by atoms with van der Waals surface area (Å²) in [4.78, 5) is 0. The monoisotopic (exact) mass is 241 g/mol. The quantitative estimate of drug-likeness (QED) is 0.651. The van der Waals surface area contributed by atoms with Gasteiger partial charge < -0.3 is 10.0 Å². The molecule has 0 saturated heterocycles. The molecule has 0 unspecified atom stereocenters. The fraction of sp³-hybridized carbons (Fsp3) is 0.111. The lowest BCUT2D eigenvalue weighted by Crippen LogP contribution is -2.09. The molecule has 7 heteroatoms. The molecule has 1 rings (SSSR count). The smallest absolute Gasteiger partial charge is 0.424 e. The second kappa shape index (κ2) is 5.15. The second-order valence-corrected chi connectivity index (χ2v) is 5.02. The highest BCUT2D eigenvalue weighted by molar-refractivity contribution is 7.92. The summed E-state index contributed by atoms with van der Waals surface area (Å²) >= 11 is 0.